The molecule has 0 heterocycles. The summed E-state index contributed by atoms with van der Waals surface area (Å²) in [5, 5.41) is 6.48. The molecule has 1 aromatic carbocycles. The van der Waals surface area contributed by atoms with E-state index in [9.17, 15) is 4.79 Å². The number of amides is 1. The van der Waals surface area contributed by atoms with Gasteiger partial charge in [0.15, 0.2) is 11.5 Å². The average molecular weight is 315 g/mol. The van der Waals surface area contributed by atoms with Gasteiger partial charge in [0.05, 0.1) is 25.3 Å². The first kappa shape index (κ1) is 17.6. The fourth-order valence-electron chi connectivity index (χ4n) is 1.82. The summed E-state index contributed by atoms with van der Waals surface area (Å²) >= 11 is 6.29. The predicted octanol–water partition coefficient (Wildman–Crippen LogP) is 2.36. The molecular weight excluding hydrogens is 292 g/mol. The van der Waals surface area contributed by atoms with E-state index in [0.29, 0.717) is 29.6 Å². The third kappa shape index (κ3) is 4.79. The zero-order valence-corrected chi connectivity index (χ0v) is 13.7. The molecule has 0 saturated heterocycles. The number of halogens is 1. The summed E-state index contributed by atoms with van der Waals surface area (Å²) in [7, 11) is 3.11. The van der Waals surface area contributed by atoms with Crippen molar-refractivity contribution in [3.05, 3.63) is 22.7 Å². The van der Waals surface area contributed by atoms with Crippen molar-refractivity contribution in [2.75, 3.05) is 20.8 Å². The SMILES string of the molecule is CCCNC(=O)C(C)NCc1ccc(OC)c(OC)c1Cl. The van der Waals surface area contributed by atoms with Gasteiger partial charge in [0.2, 0.25) is 5.91 Å². The van der Waals surface area contributed by atoms with E-state index in [1.165, 1.54) is 0 Å². The fraction of sp³-hybridized carbons (Fsp3) is 0.533. The normalized spacial score (nSPS) is 11.9. The average Bonchev–Trinajstić information content (AvgIpc) is 2.50. The lowest BCUT2D eigenvalue weighted by Crippen LogP contribution is -2.42. The standard InChI is InChI=1S/C15H23ClN2O3/c1-5-8-17-15(19)10(2)18-9-11-6-7-12(20-3)14(21-4)13(11)16/h6-7,10,18H,5,8-9H2,1-4H3,(H,17,19). The smallest absolute Gasteiger partial charge is 0.236 e. The van der Waals surface area contributed by atoms with E-state index in [2.05, 4.69) is 10.6 Å². The second-order valence-electron chi connectivity index (χ2n) is 4.67. The number of benzene rings is 1. The molecule has 1 amide bonds. The lowest BCUT2D eigenvalue weighted by molar-refractivity contribution is -0.122. The molecule has 1 aromatic rings. The number of ether oxygens (including phenoxy) is 2. The molecule has 0 aliphatic carbocycles. The van der Waals surface area contributed by atoms with E-state index in [4.69, 9.17) is 21.1 Å². The zero-order valence-electron chi connectivity index (χ0n) is 13.0. The van der Waals surface area contributed by atoms with E-state index in [1.54, 1.807) is 20.3 Å². The molecule has 0 saturated carbocycles. The van der Waals surface area contributed by atoms with Crippen molar-refractivity contribution in [1.29, 1.82) is 0 Å². The summed E-state index contributed by atoms with van der Waals surface area (Å²) in [6, 6.07) is 3.36. The van der Waals surface area contributed by atoms with Gasteiger partial charge in [0.1, 0.15) is 0 Å². The van der Waals surface area contributed by atoms with Gasteiger partial charge in [-0.2, -0.15) is 0 Å². The van der Waals surface area contributed by atoms with Gasteiger partial charge in [0, 0.05) is 13.1 Å². The van der Waals surface area contributed by atoms with E-state index >= 15 is 0 Å². The molecule has 0 radical (unpaired) electrons. The lowest BCUT2D eigenvalue weighted by Gasteiger charge is -2.16. The van der Waals surface area contributed by atoms with Crippen LogP contribution in [0.5, 0.6) is 11.5 Å². The lowest BCUT2D eigenvalue weighted by atomic mass is 10.2. The minimum Gasteiger partial charge on any atom is -0.493 e. The van der Waals surface area contributed by atoms with Crippen LogP contribution < -0.4 is 20.1 Å². The molecule has 0 aliphatic rings. The van der Waals surface area contributed by atoms with Gasteiger partial charge in [-0.1, -0.05) is 24.6 Å². The molecule has 21 heavy (non-hydrogen) atoms. The molecule has 1 unspecified atom stereocenters. The highest BCUT2D eigenvalue weighted by Crippen LogP contribution is 2.37. The summed E-state index contributed by atoms with van der Waals surface area (Å²) in [6.45, 7) is 4.99. The predicted molar refractivity (Wildman–Crippen MR) is 84.2 cm³/mol. The molecule has 5 nitrogen and oxygen atoms in total. The van der Waals surface area contributed by atoms with E-state index in [-0.39, 0.29) is 11.9 Å². The zero-order chi connectivity index (χ0) is 15.8. The van der Waals surface area contributed by atoms with Crippen LogP contribution in [0.1, 0.15) is 25.8 Å². The molecule has 0 fully saturated rings. The van der Waals surface area contributed by atoms with Gasteiger partial charge in [-0.25, -0.2) is 0 Å². The van der Waals surface area contributed by atoms with Crippen LogP contribution in [0.2, 0.25) is 5.02 Å². The van der Waals surface area contributed by atoms with Gasteiger partial charge in [-0.3, -0.25) is 4.79 Å². The number of methoxy groups -OCH3 is 2. The van der Waals surface area contributed by atoms with Crippen LogP contribution in [0, 0.1) is 0 Å². The molecule has 1 rings (SSSR count). The minimum atomic E-state index is -0.291. The summed E-state index contributed by atoms with van der Waals surface area (Å²) in [6.07, 6.45) is 0.917. The quantitative estimate of drug-likeness (QED) is 0.773. The molecule has 0 aliphatic heterocycles. The molecule has 2 N–H and O–H groups in total. The van der Waals surface area contributed by atoms with Crippen molar-refractivity contribution < 1.29 is 14.3 Å². The van der Waals surface area contributed by atoms with Crippen molar-refractivity contribution in [2.24, 2.45) is 0 Å². The van der Waals surface area contributed by atoms with Gasteiger partial charge < -0.3 is 20.1 Å². The molecule has 6 heteroatoms. The minimum absolute atomic E-state index is 0.0200. The maximum Gasteiger partial charge on any atom is 0.236 e. The number of hydrogen-bond donors (Lipinski definition) is 2. The Kier molecular flexibility index (Phi) is 7.32. The number of nitrogens with one attached hydrogen (secondary N) is 2. The maximum absolute atomic E-state index is 11.8. The molecule has 0 bridgehead atoms. The second kappa shape index (κ2) is 8.74. The number of hydrogen-bond acceptors (Lipinski definition) is 4. The number of rotatable bonds is 8. The van der Waals surface area contributed by atoms with Gasteiger partial charge in [-0.15, -0.1) is 0 Å². The Hall–Kier alpha value is -1.46. The van der Waals surface area contributed by atoms with Crippen molar-refractivity contribution in [3.63, 3.8) is 0 Å². The summed E-state index contributed by atoms with van der Waals surface area (Å²) in [5.74, 6) is 1.06. The molecule has 1 atom stereocenters. The molecular formula is C15H23ClN2O3. The van der Waals surface area contributed by atoms with Gasteiger partial charge in [0.25, 0.3) is 0 Å². The van der Waals surface area contributed by atoms with Crippen molar-refractivity contribution in [3.8, 4) is 11.5 Å². The summed E-state index contributed by atoms with van der Waals surface area (Å²) < 4.78 is 10.4. The third-order valence-electron chi connectivity index (χ3n) is 3.11. The summed E-state index contributed by atoms with van der Waals surface area (Å²) in [5.41, 5.74) is 0.851. The van der Waals surface area contributed by atoms with Crippen molar-refractivity contribution >= 4 is 17.5 Å². The largest absolute Gasteiger partial charge is 0.493 e. The topological polar surface area (TPSA) is 59.6 Å². The van der Waals surface area contributed by atoms with Crippen molar-refractivity contribution in [1.82, 2.24) is 10.6 Å². The second-order valence-corrected chi connectivity index (χ2v) is 5.05. The molecule has 0 aromatic heterocycles. The first-order valence-electron chi connectivity index (χ1n) is 6.95. The van der Waals surface area contributed by atoms with Crippen LogP contribution in [-0.2, 0) is 11.3 Å². The van der Waals surface area contributed by atoms with Crippen LogP contribution in [0.3, 0.4) is 0 Å². The van der Waals surface area contributed by atoms with E-state index in [1.807, 2.05) is 19.9 Å². The number of carbonyl (C=O) groups excluding carboxylic acids is 1. The Balaban J connectivity index is 2.69. The van der Waals surface area contributed by atoms with Crippen LogP contribution in [0.15, 0.2) is 12.1 Å². The number of carbonyl (C=O) groups is 1. The van der Waals surface area contributed by atoms with Crippen LogP contribution in [0.4, 0.5) is 0 Å². The van der Waals surface area contributed by atoms with Crippen LogP contribution in [0.25, 0.3) is 0 Å². The molecule has 0 spiro atoms. The highest BCUT2D eigenvalue weighted by atomic mass is 35.5. The first-order chi connectivity index (χ1) is 10.0. The van der Waals surface area contributed by atoms with Gasteiger partial charge >= 0.3 is 0 Å². The van der Waals surface area contributed by atoms with Gasteiger partial charge in [-0.05, 0) is 25.0 Å². The monoisotopic (exact) mass is 314 g/mol. The highest BCUT2D eigenvalue weighted by Gasteiger charge is 2.15. The Labute approximate surface area is 131 Å². The van der Waals surface area contributed by atoms with E-state index in [0.717, 1.165) is 12.0 Å². The molecule has 118 valence electrons. The van der Waals surface area contributed by atoms with Crippen molar-refractivity contribution in [2.45, 2.75) is 32.9 Å². The Morgan fingerprint density at radius 3 is 2.62 bits per heavy atom. The highest BCUT2D eigenvalue weighted by molar-refractivity contribution is 6.33. The van der Waals surface area contributed by atoms with Crippen LogP contribution in [-0.4, -0.2) is 32.7 Å². The van der Waals surface area contributed by atoms with Crippen LogP contribution >= 0.6 is 11.6 Å². The Bertz CT molecular complexity index is 480. The van der Waals surface area contributed by atoms with E-state index < -0.39 is 0 Å². The maximum atomic E-state index is 11.8. The third-order valence-corrected chi connectivity index (χ3v) is 3.52. The first-order valence-corrected chi connectivity index (χ1v) is 7.33. The Morgan fingerprint density at radius 2 is 2.05 bits per heavy atom. The summed E-state index contributed by atoms with van der Waals surface area (Å²) in [4.78, 5) is 11.8. The Morgan fingerprint density at radius 1 is 1.33 bits per heavy atom. The fourth-order valence-corrected chi connectivity index (χ4v) is 2.12.